The lowest BCUT2D eigenvalue weighted by Crippen LogP contribution is -2.53. The van der Waals surface area contributed by atoms with E-state index in [2.05, 4.69) is 30.5 Å². The second-order valence-corrected chi connectivity index (χ2v) is 11.5. The Balaban J connectivity index is 1.19. The van der Waals surface area contributed by atoms with Crippen molar-refractivity contribution in [2.75, 3.05) is 36.4 Å². The summed E-state index contributed by atoms with van der Waals surface area (Å²) in [5.74, 6) is 0.850. The summed E-state index contributed by atoms with van der Waals surface area (Å²) < 4.78 is 21.6. The molecule has 8 heterocycles. The number of hydrogen-bond donors (Lipinski definition) is 3. The average molecular weight is 560 g/mol. The minimum Gasteiger partial charge on any atom is -0.487 e. The van der Waals surface area contributed by atoms with Gasteiger partial charge in [-0.1, -0.05) is 6.07 Å². The average Bonchev–Trinajstić information content (AvgIpc) is 3.72. The van der Waals surface area contributed by atoms with Crippen molar-refractivity contribution >= 4 is 23.4 Å². The van der Waals surface area contributed by atoms with Gasteiger partial charge in [-0.2, -0.15) is 0 Å². The van der Waals surface area contributed by atoms with Crippen molar-refractivity contribution in [1.29, 1.82) is 0 Å². The molecule has 2 aromatic heterocycles. The number of aliphatic hydroxyl groups is 1. The Morgan fingerprint density at radius 2 is 1.85 bits per heavy atom. The lowest BCUT2D eigenvalue weighted by atomic mass is 10.0. The smallest absolute Gasteiger partial charge is 0.240 e. The molecular formula is C30H34FN7O3. The fraction of sp³-hybridized carbons (Fsp3) is 0.467. The minimum absolute atomic E-state index is 0.0300. The zero-order valence-corrected chi connectivity index (χ0v) is 22.8. The first-order chi connectivity index (χ1) is 20.0. The largest absolute Gasteiger partial charge is 0.487 e. The molecule has 3 aromatic rings. The lowest BCUT2D eigenvalue weighted by Gasteiger charge is -2.37. The SMILES string of the molecule is O=C1NCCC2CC(O)CN2c2ncc(cn2)-c2ccnc(c2)Nc2cccc(c2F)OC2CCN(CC2)C12CC2. The number of carbonyl (C=O) groups is 1. The Labute approximate surface area is 238 Å². The van der Waals surface area contributed by atoms with E-state index in [0.717, 1.165) is 49.9 Å². The van der Waals surface area contributed by atoms with E-state index in [1.165, 1.54) is 0 Å². The third kappa shape index (κ3) is 5.08. The van der Waals surface area contributed by atoms with E-state index >= 15 is 4.39 Å². The highest BCUT2D eigenvalue weighted by atomic mass is 19.1. The Morgan fingerprint density at radius 3 is 2.63 bits per heavy atom. The third-order valence-electron chi connectivity index (χ3n) is 8.86. The van der Waals surface area contributed by atoms with Gasteiger partial charge in [0.1, 0.15) is 17.5 Å². The molecule has 1 saturated carbocycles. The number of benzene rings is 1. The highest BCUT2D eigenvalue weighted by Crippen LogP contribution is 2.44. The van der Waals surface area contributed by atoms with Crippen LogP contribution >= 0.6 is 0 Å². The highest BCUT2D eigenvalue weighted by Gasteiger charge is 2.55. The van der Waals surface area contributed by atoms with Crippen LogP contribution < -0.4 is 20.3 Å². The van der Waals surface area contributed by atoms with Crippen molar-refractivity contribution in [1.82, 2.24) is 25.2 Å². The Bertz CT molecular complexity index is 1430. The molecule has 8 bridgehead atoms. The van der Waals surface area contributed by atoms with Crippen molar-refractivity contribution in [2.24, 2.45) is 0 Å². The molecule has 1 amide bonds. The molecule has 41 heavy (non-hydrogen) atoms. The quantitative estimate of drug-likeness (QED) is 0.382. The number of aliphatic hydroxyl groups excluding tert-OH is 1. The van der Waals surface area contributed by atoms with E-state index in [9.17, 15) is 9.90 Å². The first-order valence-corrected chi connectivity index (χ1v) is 14.5. The van der Waals surface area contributed by atoms with Gasteiger partial charge in [-0.25, -0.2) is 19.3 Å². The number of rotatable bonds is 0. The fourth-order valence-electron chi connectivity index (χ4n) is 6.45. The van der Waals surface area contributed by atoms with Crippen LogP contribution in [0.5, 0.6) is 5.75 Å². The van der Waals surface area contributed by atoms with Crippen molar-refractivity contribution in [3.8, 4) is 16.9 Å². The summed E-state index contributed by atoms with van der Waals surface area (Å²) in [5.41, 5.74) is 1.45. The van der Waals surface area contributed by atoms with Crippen molar-refractivity contribution < 1.29 is 19.0 Å². The molecule has 2 saturated heterocycles. The van der Waals surface area contributed by atoms with Gasteiger partial charge in [0.2, 0.25) is 11.9 Å². The Morgan fingerprint density at radius 1 is 1.05 bits per heavy atom. The van der Waals surface area contributed by atoms with E-state index in [-0.39, 0.29) is 29.5 Å². The number of carbonyl (C=O) groups excluding carboxylic acids is 1. The van der Waals surface area contributed by atoms with Crippen LogP contribution in [0, 0.1) is 5.82 Å². The number of aromatic nitrogens is 3. The molecule has 0 radical (unpaired) electrons. The van der Waals surface area contributed by atoms with Crippen LogP contribution in [0.25, 0.3) is 11.1 Å². The molecule has 1 aromatic carbocycles. The number of halogens is 1. The maximum Gasteiger partial charge on any atom is 0.240 e. The lowest BCUT2D eigenvalue weighted by molar-refractivity contribution is -0.129. The summed E-state index contributed by atoms with van der Waals surface area (Å²) in [7, 11) is 0. The number of pyridine rings is 1. The third-order valence-corrected chi connectivity index (χ3v) is 8.86. The topological polar surface area (TPSA) is 116 Å². The number of hydrogen-bond acceptors (Lipinski definition) is 9. The molecule has 3 fully saturated rings. The molecule has 10 rings (SSSR count). The normalized spacial score (nSPS) is 27.1. The molecule has 11 heteroatoms. The second-order valence-electron chi connectivity index (χ2n) is 11.5. The molecule has 7 aliphatic rings. The van der Waals surface area contributed by atoms with Crippen LogP contribution in [0.3, 0.4) is 0 Å². The Hall–Kier alpha value is -3.83. The molecule has 214 valence electrons. The minimum atomic E-state index is -0.469. The summed E-state index contributed by atoms with van der Waals surface area (Å²) in [5, 5.41) is 16.7. The van der Waals surface area contributed by atoms with E-state index < -0.39 is 17.5 Å². The number of amides is 1. The van der Waals surface area contributed by atoms with E-state index in [1.54, 1.807) is 36.8 Å². The van der Waals surface area contributed by atoms with E-state index in [1.807, 2.05) is 17.0 Å². The van der Waals surface area contributed by atoms with Crippen LogP contribution in [-0.2, 0) is 4.79 Å². The van der Waals surface area contributed by atoms with Crippen LogP contribution in [-0.4, -0.2) is 80.8 Å². The van der Waals surface area contributed by atoms with Gasteiger partial charge in [0, 0.05) is 56.4 Å². The summed E-state index contributed by atoms with van der Waals surface area (Å²) in [4.78, 5) is 31.2. The zero-order valence-electron chi connectivity index (χ0n) is 22.8. The van der Waals surface area contributed by atoms with Gasteiger partial charge in [0.05, 0.1) is 11.8 Å². The molecular weight excluding hydrogens is 525 g/mol. The molecule has 1 spiro atoms. The predicted molar refractivity (Wildman–Crippen MR) is 152 cm³/mol. The van der Waals surface area contributed by atoms with Gasteiger partial charge in [-0.05, 0) is 68.4 Å². The van der Waals surface area contributed by atoms with Gasteiger partial charge in [-0.15, -0.1) is 0 Å². The zero-order chi connectivity index (χ0) is 28.0. The van der Waals surface area contributed by atoms with Crippen LogP contribution in [0.4, 0.5) is 21.8 Å². The standard InChI is InChI=1S/C30H34FN7O3/c31-27-24-2-1-3-25(27)41-23-6-12-37(13-7-23)30(8-9-30)28(40)33-11-5-21-15-22(39)18-38(21)29-34-16-20(17-35-29)19-4-10-32-26(14-19)36-24/h1-4,10,14,16-17,21-23,39H,5-9,11-13,15,18H2,(H,32,36)(H,33,40). The van der Waals surface area contributed by atoms with Crippen molar-refractivity contribution in [3.05, 3.63) is 54.7 Å². The molecule has 6 aliphatic heterocycles. The van der Waals surface area contributed by atoms with Gasteiger partial charge < -0.3 is 25.4 Å². The van der Waals surface area contributed by atoms with Gasteiger partial charge >= 0.3 is 0 Å². The molecule has 2 unspecified atom stereocenters. The van der Waals surface area contributed by atoms with E-state index in [0.29, 0.717) is 37.7 Å². The molecule has 2 atom stereocenters. The maximum absolute atomic E-state index is 15.5. The monoisotopic (exact) mass is 559 g/mol. The number of ether oxygens (including phenoxy) is 1. The number of nitrogens with one attached hydrogen (secondary N) is 2. The molecule has 1 aliphatic carbocycles. The molecule has 3 N–H and O–H groups in total. The summed E-state index contributed by atoms with van der Waals surface area (Å²) in [6.07, 6.45) is 9.00. The first-order valence-electron chi connectivity index (χ1n) is 14.5. The van der Waals surface area contributed by atoms with Crippen LogP contribution in [0.15, 0.2) is 48.9 Å². The fourth-order valence-corrected chi connectivity index (χ4v) is 6.45. The molecule has 10 nitrogen and oxygen atoms in total. The summed E-state index contributed by atoms with van der Waals surface area (Å²) in [6.45, 7) is 2.43. The number of nitrogens with zero attached hydrogens (tertiary/aromatic N) is 5. The van der Waals surface area contributed by atoms with Crippen LogP contribution in [0.1, 0.15) is 38.5 Å². The van der Waals surface area contributed by atoms with Crippen molar-refractivity contribution in [2.45, 2.75) is 62.3 Å². The maximum atomic E-state index is 15.5. The van der Waals surface area contributed by atoms with Crippen LogP contribution in [0.2, 0.25) is 0 Å². The van der Waals surface area contributed by atoms with E-state index in [4.69, 9.17) is 4.74 Å². The van der Waals surface area contributed by atoms with Gasteiger partial charge in [0.25, 0.3) is 0 Å². The summed E-state index contributed by atoms with van der Waals surface area (Å²) >= 11 is 0. The van der Waals surface area contributed by atoms with Gasteiger partial charge in [0.15, 0.2) is 11.6 Å². The highest BCUT2D eigenvalue weighted by molar-refractivity contribution is 5.89. The Kier molecular flexibility index (Phi) is 6.70. The second kappa shape index (κ2) is 10.5. The van der Waals surface area contributed by atoms with Crippen molar-refractivity contribution in [3.63, 3.8) is 0 Å². The number of anilines is 3. The van der Waals surface area contributed by atoms with Gasteiger partial charge in [-0.3, -0.25) is 9.69 Å². The first kappa shape index (κ1) is 26.1. The number of piperidine rings is 1. The summed E-state index contributed by atoms with van der Waals surface area (Å²) in [6, 6.07) is 8.79. The predicted octanol–water partition coefficient (Wildman–Crippen LogP) is 3.26.